The zero-order chi connectivity index (χ0) is 28.6. The van der Waals surface area contributed by atoms with E-state index in [1.165, 1.54) is 16.3 Å². The average molecular weight is 612 g/mol. The van der Waals surface area contributed by atoms with Crippen molar-refractivity contribution in [3.63, 3.8) is 0 Å². The lowest BCUT2D eigenvalue weighted by Crippen LogP contribution is -2.60. The number of sulfone groups is 1. The van der Waals surface area contributed by atoms with Gasteiger partial charge in [0.2, 0.25) is 0 Å². The van der Waals surface area contributed by atoms with Crippen LogP contribution < -0.4 is 5.32 Å². The van der Waals surface area contributed by atoms with Crippen LogP contribution in [0.4, 0.5) is 13.8 Å². The molecule has 2 bridgehead atoms. The number of rotatable bonds is 6. The van der Waals surface area contributed by atoms with Gasteiger partial charge in [0.25, 0.3) is 15.9 Å². The summed E-state index contributed by atoms with van der Waals surface area (Å²) in [6.07, 6.45) is 4.43. The minimum absolute atomic E-state index is 0.0207. The summed E-state index contributed by atoms with van der Waals surface area (Å²) in [6.45, 7) is -0.175. The van der Waals surface area contributed by atoms with Gasteiger partial charge in [-0.3, -0.25) is 4.79 Å². The maximum Gasteiger partial charge on any atom is 0.287 e. The topological polar surface area (TPSA) is 133 Å². The van der Waals surface area contributed by atoms with Gasteiger partial charge in [-0.1, -0.05) is 6.07 Å². The molecule has 9 nitrogen and oxygen atoms in total. The average Bonchev–Trinajstić information content (AvgIpc) is 3.30. The van der Waals surface area contributed by atoms with Crippen LogP contribution in [0.3, 0.4) is 0 Å². The largest absolute Gasteiger partial charge is 0.511 e. The molecule has 40 heavy (non-hydrogen) atoms. The van der Waals surface area contributed by atoms with Crippen LogP contribution in [0.15, 0.2) is 44.2 Å². The number of thiophene rings is 1. The molecule has 0 radical (unpaired) electrons. The quantitative estimate of drug-likeness (QED) is 0.508. The summed E-state index contributed by atoms with van der Waals surface area (Å²) in [4.78, 5) is 15.4. The van der Waals surface area contributed by atoms with Crippen molar-refractivity contribution < 1.29 is 35.5 Å². The number of carbonyl (C=O) groups excluding carboxylic acids is 1. The van der Waals surface area contributed by atoms with E-state index in [1.807, 2.05) is 0 Å². The second-order valence-electron chi connectivity index (χ2n) is 11.0. The minimum atomic E-state index is -4.35. The molecular formula is C26H27F2N3O6S3. The van der Waals surface area contributed by atoms with Gasteiger partial charge >= 0.3 is 0 Å². The van der Waals surface area contributed by atoms with Gasteiger partial charge < -0.3 is 15.3 Å². The normalized spacial score (nSPS) is 27.2. The number of aryl methyl sites for hydroxylation is 1. The molecule has 2 unspecified atom stereocenters. The van der Waals surface area contributed by atoms with E-state index in [0.29, 0.717) is 5.56 Å². The molecule has 5 aliphatic rings. The highest BCUT2D eigenvalue weighted by Gasteiger charge is 2.54. The fourth-order valence-electron chi connectivity index (χ4n) is 6.66. The first-order valence-electron chi connectivity index (χ1n) is 12.9. The number of benzene rings is 1. The predicted octanol–water partition coefficient (Wildman–Crippen LogP) is 3.79. The fraction of sp³-hybridized carbons (Fsp3) is 0.462. The number of nitrogens with one attached hydrogen (secondary N) is 1. The van der Waals surface area contributed by atoms with Gasteiger partial charge in [0.1, 0.15) is 42.7 Å². The van der Waals surface area contributed by atoms with E-state index in [2.05, 4.69) is 9.71 Å². The zero-order valence-electron chi connectivity index (χ0n) is 21.4. The summed E-state index contributed by atoms with van der Waals surface area (Å²) in [5.74, 6) is -3.35. The Morgan fingerprint density at radius 2 is 1.85 bits per heavy atom. The highest BCUT2D eigenvalue weighted by atomic mass is 32.2. The number of halogens is 2. The van der Waals surface area contributed by atoms with Crippen LogP contribution in [0.5, 0.6) is 0 Å². The highest BCUT2D eigenvalue weighted by molar-refractivity contribution is 7.91. The van der Waals surface area contributed by atoms with Crippen molar-refractivity contribution in [2.75, 3.05) is 17.3 Å². The van der Waals surface area contributed by atoms with Gasteiger partial charge in [0.15, 0.2) is 5.84 Å². The Hall–Kier alpha value is -2.84. The molecule has 1 amide bonds. The number of nitrogens with zero attached hydrogens (tertiary/aromatic N) is 2. The first-order valence-corrected chi connectivity index (χ1v) is 17.3. The lowest BCUT2D eigenvalue weighted by Gasteiger charge is -2.54. The van der Waals surface area contributed by atoms with Gasteiger partial charge in [-0.05, 0) is 60.9 Å². The van der Waals surface area contributed by atoms with Crippen LogP contribution in [-0.4, -0.2) is 56.6 Å². The fourth-order valence-corrected chi connectivity index (χ4v) is 9.92. The SMILES string of the molecule is CS(=O)(=O)CCc1csc2c1S(=O)(=O)N=C(C1=C(O)C3C4CCC(CC4)C3N(Cc3ccc(F)cc3F)C1=O)N2. The van der Waals surface area contributed by atoms with Crippen molar-refractivity contribution in [3.8, 4) is 0 Å². The Labute approximate surface area is 234 Å². The maximum atomic E-state index is 14.7. The van der Waals surface area contributed by atoms with Gasteiger partial charge in [0.05, 0.1) is 5.75 Å². The molecule has 0 saturated heterocycles. The molecule has 7 rings (SSSR count). The van der Waals surface area contributed by atoms with Crippen molar-refractivity contribution in [2.45, 2.75) is 49.6 Å². The Morgan fingerprint density at radius 1 is 1.15 bits per heavy atom. The molecule has 3 heterocycles. The maximum absolute atomic E-state index is 14.7. The first kappa shape index (κ1) is 27.3. The van der Waals surface area contributed by atoms with E-state index in [4.69, 9.17) is 0 Å². The van der Waals surface area contributed by atoms with Gasteiger partial charge in [-0.2, -0.15) is 8.42 Å². The lowest BCUT2D eigenvalue weighted by molar-refractivity contribution is -0.140. The molecule has 2 aromatic rings. The number of aliphatic hydroxyl groups excluding tert-OH is 1. The summed E-state index contributed by atoms with van der Waals surface area (Å²) in [5, 5.41) is 16.1. The number of sulfonamides is 1. The van der Waals surface area contributed by atoms with Gasteiger partial charge in [-0.25, -0.2) is 17.2 Å². The first-order chi connectivity index (χ1) is 18.8. The van der Waals surface area contributed by atoms with Crippen LogP contribution in [0.2, 0.25) is 0 Å². The molecule has 0 spiro atoms. The molecule has 3 saturated carbocycles. The van der Waals surface area contributed by atoms with Crippen molar-refractivity contribution >= 4 is 47.9 Å². The third-order valence-electron chi connectivity index (χ3n) is 8.43. The standard InChI is InChI=1S/C26H27F2N3O6S3/c1-39(34,35)9-8-16-12-38-25-23(16)40(36,37)30-24(29-25)20-22(32)19-13-2-4-14(5-3-13)21(19)31(26(20)33)11-15-6-7-17(27)10-18(15)28/h6-7,10,12-14,19,21,32H,2-5,8-9,11H2,1H3,(H,29,30). The summed E-state index contributed by atoms with van der Waals surface area (Å²) < 4.78 is 82.1. The molecule has 3 aliphatic carbocycles. The van der Waals surface area contributed by atoms with E-state index < -0.39 is 49.4 Å². The summed E-state index contributed by atoms with van der Waals surface area (Å²) >= 11 is 1.04. The van der Waals surface area contributed by atoms with E-state index in [1.54, 1.807) is 0 Å². The molecule has 1 aromatic carbocycles. The number of amides is 1. The van der Waals surface area contributed by atoms with Crippen molar-refractivity contribution in [2.24, 2.45) is 22.2 Å². The van der Waals surface area contributed by atoms with Crippen LogP contribution in [0.1, 0.15) is 36.8 Å². The molecular weight excluding hydrogens is 584 g/mol. The molecule has 3 fully saturated rings. The Kier molecular flexibility index (Phi) is 6.58. The molecule has 14 heteroatoms. The number of anilines is 1. The van der Waals surface area contributed by atoms with E-state index in [0.717, 1.165) is 55.4 Å². The number of amidine groups is 1. The molecule has 2 atom stereocenters. The van der Waals surface area contributed by atoms with Gasteiger partial charge in [0, 0.05) is 36.4 Å². The number of aliphatic hydroxyl groups is 1. The second-order valence-corrected chi connectivity index (χ2v) is 15.6. The zero-order valence-corrected chi connectivity index (χ0v) is 23.9. The van der Waals surface area contributed by atoms with Crippen LogP contribution in [0.25, 0.3) is 0 Å². The van der Waals surface area contributed by atoms with E-state index in [-0.39, 0.29) is 63.2 Å². The monoisotopic (exact) mass is 611 g/mol. The summed E-state index contributed by atoms with van der Waals surface area (Å²) in [7, 11) is -7.69. The predicted molar refractivity (Wildman–Crippen MR) is 145 cm³/mol. The number of hydrogen-bond donors (Lipinski definition) is 2. The summed E-state index contributed by atoms with van der Waals surface area (Å²) in [5.41, 5.74) is 0.126. The number of fused-ring (bicyclic) bond motifs is 3. The van der Waals surface area contributed by atoms with E-state index in [9.17, 15) is 35.5 Å². The smallest absolute Gasteiger partial charge is 0.287 e. The van der Waals surface area contributed by atoms with Gasteiger partial charge in [-0.15, -0.1) is 15.7 Å². The molecule has 2 aliphatic heterocycles. The van der Waals surface area contributed by atoms with Crippen LogP contribution in [0, 0.1) is 29.4 Å². The van der Waals surface area contributed by atoms with Crippen molar-refractivity contribution in [1.82, 2.24) is 4.90 Å². The lowest BCUT2D eigenvalue weighted by atomic mass is 9.59. The minimum Gasteiger partial charge on any atom is -0.511 e. The van der Waals surface area contributed by atoms with Crippen LogP contribution in [-0.2, 0) is 37.6 Å². The summed E-state index contributed by atoms with van der Waals surface area (Å²) in [6, 6.07) is 2.74. The Bertz CT molecular complexity index is 1690. The van der Waals surface area contributed by atoms with E-state index >= 15 is 0 Å². The molecule has 2 N–H and O–H groups in total. The van der Waals surface area contributed by atoms with Crippen LogP contribution >= 0.6 is 11.3 Å². The molecule has 214 valence electrons. The van der Waals surface area contributed by atoms with Crippen molar-refractivity contribution in [1.29, 1.82) is 0 Å². The second kappa shape index (κ2) is 9.62. The third kappa shape index (κ3) is 4.63. The number of hydrogen-bond acceptors (Lipinski definition) is 8. The molecule has 1 aromatic heterocycles. The number of carbonyl (C=O) groups is 1. The highest BCUT2D eigenvalue weighted by Crippen LogP contribution is 2.53. The van der Waals surface area contributed by atoms with Crippen molar-refractivity contribution in [3.05, 3.63) is 57.7 Å². The Morgan fingerprint density at radius 3 is 2.52 bits per heavy atom. The third-order valence-corrected chi connectivity index (χ3v) is 11.9. The Balaban J connectivity index is 1.41.